The Morgan fingerprint density at radius 3 is 2.55 bits per heavy atom. The van der Waals surface area contributed by atoms with E-state index in [0.717, 1.165) is 22.9 Å². The standard InChI is InChI=1S/C22H24N4O4S/c1-6-30-21(28)17-10-16(11-23)20(24-14(17)4)31-15(5)19(27)26-22(29)25-18-8-7-12(2)9-13(18)3/h7-10,15H,6H2,1-5H3,(H2,25,26,27,29). The van der Waals surface area contributed by atoms with E-state index in [1.165, 1.54) is 6.07 Å². The molecular formula is C22H24N4O4S. The lowest BCUT2D eigenvalue weighted by molar-refractivity contribution is -0.119. The minimum atomic E-state index is -0.711. The van der Waals surface area contributed by atoms with E-state index >= 15 is 0 Å². The van der Waals surface area contributed by atoms with Crippen LogP contribution in [0.1, 0.15) is 46.6 Å². The second-order valence-corrected chi connectivity index (χ2v) is 8.16. The maximum absolute atomic E-state index is 12.5. The van der Waals surface area contributed by atoms with Crippen LogP contribution in [0.15, 0.2) is 29.3 Å². The van der Waals surface area contributed by atoms with E-state index in [1.54, 1.807) is 26.8 Å². The number of carbonyl (C=O) groups excluding carboxylic acids is 3. The molecule has 0 saturated carbocycles. The molecule has 3 amide bonds. The lowest BCUT2D eigenvalue weighted by Crippen LogP contribution is -2.39. The van der Waals surface area contributed by atoms with E-state index in [0.29, 0.717) is 16.4 Å². The minimum absolute atomic E-state index is 0.151. The second-order valence-electron chi connectivity index (χ2n) is 6.83. The van der Waals surface area contributed by atoms with Crippen molar-refractivity contribution in [3.05, 3.63) is 52.2 Å². The molecule has 1 aromatic heterocycles. The molecule has 8 nitrogen and oxygen atoms in total. The number of nitriles is 1. The number of hydrogen-bond acceptors (Lipinski definition) is 7. The lowest BCUT2D eigenvalue weighted by atomic mass is 10.1. The van der Waals surface area contributed by atoms with Gasteiger partial charge in [0.15, 0.2) is 0 Å². The molecule has 1 unspecified atom stereocenters. The molecule has 2 rings (SSSR count). The number of benzene rings is 1. The molecule has 1 aromatic carbocycles. The number of rotatable bonds is 6. The summed E-state index contributed by atoms with van der Waals surface area (Å²) in [5, 5.41) is 14.0. The number of imide groups is 1. The van der Waals surface area contributed by atoms with Crippen LogP contribution in [0.5, 0.6) is 0 Å². The van der Waals surface area contributed by atoms with Gasteiger partial charge in [-0.1, -0.05) is 29.5 Å². The zero-order valence-electron chi connectivity index (χ0n) is 18.0. The van der Waals surface area contributed by atoms with Crippen molar-refractivity contribution in [1.82, 2.24) is 10.3 Å². The smallest absolute Gasteiger partial charge is 0.340 e. The highest BCUT2D eigenvalue weighted by atomic mass is 32.2. The highest BCUT2D eigenvalue weighted by Gasteiger charge is 2.22. The third-order valence-electron chi connectivity index (χ3n) is 4.32. The molecular weight excluding hydrogens is 416 g/mol. The number of aryl methyl sites for hydroxylation is 3. The first kappa shape index (κ1) is 23.9. The predicted molar refractivity (Wildman–Crippen MR) is 118 cm³/mol. The summed E-state index contributed by atoms with van der Waals surface area (Å²) in [7, 11) is 0. The Labute approximate surface area is 185 Å². The van der Waals surface area contributed by atoms with Crippen molar-refractivity contribution in [1.29, 1.82) is 5.26 Å². The fourth-order valence-electron chi connectivity index (χ4n) is 2.71. The second kappa shape index (κ2) is 10.6. The van der Waals surface area contributed by atoms with Gasteiger partial charge in [-0.3, -0.25) is 10.1 Å². The summed E-state index contributed by atoms with van der Waals surface area (Å²) in [6.07, 6.45) is 0. The number of pyridine rings is 1. The van der Waals surface area contributed by atoms with Gasteiger partial charge in [0.1, 0.15) is 11.1 Å². The summed E-state index contributed by atoms with van der Waals surface area (Å²) >= 11 is 1.03. The van der Waals surface area contributed by atoms with Gasteiger partial charge in [0.05, 0.1) is 28.7 Å². The maximum atomic E-state index is 12.5. The van der Waals surface area contributed by atoms with Crippen molar-refractivity contribution < 1.29 is 19.1 Å². The highest BCUT2D eigenvalue weighted by molar-refractivity contribution is 8.00. The molecule has 2 N–H and O–H groups in total. The summed E-state index contributed by atoms with van der Waals surface area (Å²) in [4.78, 5) is 41.0. The van der Waals surface area contributed by atoms with Gasteiger partial charge < -0.3 is 10.1 Å². The molecule has 0 fully saturated rings. The Balaban J connectivity index is 2.08. The first-order valence-corrected chi connectivity index (χ1v) is 10.5. The van der Waals surface area contributed by atoms with Crippen molar-refractivity contribution in [2.75, 3.05) is 11.9 Å². The Hall–Kier alpha value is -3.38. The number of carbonyl (C=O) groups is 3. The van der Waals surface area contributed by atoms with E-state index in [9.17, 15) is 19.6 Å². The number of hydrogen-bond donors (Lipinski definition) is 2. The van der Waals surface area contributed by atoms with Crippen LogP contribution in [0.25, 0.3) is 0 Å². The van der Waals surface area contributed by atoms with E-state index in [4.69, 9.17) is 4.74 Å². The van der Waals surface area contributed by atoms with Gasteiger partial charge in [0, 0.05) is 5.69 Å². The molecule has 1 heterocycles. The van der Waals surface area contributed by atoms with Crippen molar-refractivity contribution in [3.8, 4) is 6.07 Å². The van der Waals surface area contributed by atoms with Crippen LogP contribution < -0.4 is 10.6 Å². The minimum Gasteiger partial charge on any atom is -0.462 e. The Morgan fingerprint density at radius 1 is 1.23 bits per heavy atom. The number of urea groups is 1. The molecule has 162 valence electrons. The van der Waals surface area contributed by atoms with Crippen LogP contribution in [0.3, 0.4) is 0 Å². The monoisotopic (exact) mass is 440 g/mol. The SMILES string of the molecule is CCOC(=O)c1cc(C#N)c(SC(C)C(=O)NC(=O)Nc2ccc(C)cc2C)nc1C. The summed E-state index contributed by atoms with van der Waals surface area (Å²) in [5.74, 6) is -1.10. The lowest BCUT2D eigenvalue weighted by Gasteiger charge is -2.14. The van der Waals surface area contributed by atoms with E-state index in [2.05, 4.69) is 15.6 Å². The third kappa shape index (κ3) is 6.30. The largest absolute Gasteiger partial charge is 0.462 e. The van der Waals surface area contributed by atoms with Gasteiger partial charge in [-0.25, -0.2) is 14.6 Å². The van der Waals surface area contributed by atoms with Crippen LogP contribution in [-0.4, -0.2) is 34.7 Å². The van der Waals surface area contributed by atoms with Crippen LogP contribution in [0.2, 0.25) is 0 Å². The quantitative estimate of drug-likeness (QED) is 0.516. The van der Waals surface area contributed by atoms with Crippen LogP contribution in [0.4, 0.5) is 10.5 Å². The molecule has 0 aliphatic carbocycles. The summed E-state index contributed by atoms with van der Waals surface area (Å²) in [5.41, 5.74) is 3.29. The summed E-state index contributed by atoms with van der Waals surface area (Å²) < 4.78 is 4.97. The molecule has 0 aliphatic rings. The normalized spacial score (nSPS) is 11.2. The average Bonchev–Trinajstić information content (AvgIpc) is 2.70. The first-order valence-electron chi connectivity index (χ1n) is 9.60. The van der Waals surface area contributed by atoms with Crippen LogP contribution in [0, 0.1) is 32.1 Å². The first-order chi connectivity index (χ1) is 14.7. The number of thioether (sulfide) groups is 1. The molecule has 0 bridgehead atoms. The van der Waals surface area contributed by atoms with Gasteiger partial charge in [-0.2, -0.15) is 5.26 Å². The topological polar surface area (TPSA) is 121 Å². The van der Waals surface area contributed by atoms with E-state index in [1.807, 2.05) is 32.0 Å². The zero-order chi connectivity index (χ0) is 23.1. The Kier molecular flexibility index (Phi) is 8.16. The third-order valence-corrected chi connectivity index (χ3v) is 5.42. The van der Waals surface area contributed by atoms with Gasteiger partial charge in [-0.15, -0.1) is 0 Å². The van der Waals surface area contributed by atoms with Gasteiger partial charge in [0.2, 0.25) is 5.91 Å². The molecule has 31 heavy (non-hydrogen) atoms. The van der Waals surface area contributed by atoms with Gasteiger partial charge >= 0.3 is 12.0 Å². The molecule has 0 spiro atoms. The molecule has 2 aromatic rings. The van der Waals surface area contributed by atoms with E-state index in [-0.39, 0.29) is 17.7 Å². The maximum Gasteiger partial charge on any atom is 0.340 e. The fourth-order valence-corrected chi connectivity index (χ4v) is 3.63. The van der Waals surface area contributed by atoms with Crippen LogP contribution in [-0.2, 0) is 9.53 Å². The Morgan fingerprint density at radius 2 is 1.94 bits per heavy atom. The number of nitrogens with zero attached hydrogens (tertiary/aromatic N) is 2. The number of anilines is 1. The molecule has 0 aliphatic heterocycles. The zero-order valence-corrected chi connectivity index (χ0v) is 18.8. The number of amides is 3. The molecule has 1 atom stereocenters. The van der Waals surface area contributed by atoms with Crippen LogP contribution >= 0.6 is 11.8 Å². The number of nitrogens with one attached hydrogen (secondary N) is 2. The number of aromatic nitrogens is 1. The number of esters is 1. The van der Waals surface area contributed by atoms with Gasteiger partial charge in [-0.05, 0) is 52.3 Å². The molecule has 0 saturated heterocycles. The van der Waals surface area contributed by atoms with Crippen molar-refractivity contribution in [3.63, 3.8) is 0 Å². The molecule has 9 heteroatoms. The predicted octanol–water partition coefficient (Wildman–Crippen LogP) is 3.88. The number of ether oxygens (including phenoxy) is 1. The average molecular weight is 441 g/mol. The fraction of sp³-hybridized carbons (Fsp3) is 0.318. The highest BCUT2D eigenvalue weighted by Crippen LogP contribution is 2.27. The Bertz CT molecular complexity index is 1060. The van der Waals surface area contributed by atoms with Crippen molar-refractivity contribution >= 4 is 35.4 Å². The van der Waals surface area contributed by atoms with E-state index < -0.39 is 23.2 Å². The van der Waals surface area contributed by atoms with Crippen molar-refractivity contribution in [2.45, 2.75) is 44.9 Å². The van der Waals surface area contributed by atoms with Gasteiger partial charge in [0.25, 0.3) is 0 Å². The summed E-state index contributed by atoms with van der Waals surface area (Å²) in [6.45, 7) is 8.93. The molecule has 0 radical (unpaired) electrons. The summed E-state index contributed by atoms with van der Waals surface area (Å²) in [6, 6.07) is 8.30. The van der Waals surface area contributed by atoms with Crippen molar-refractivity contribution in [2.24, 2.45) is 0 Å².